The molecule has 2 nitrogen and oxygen atoms in total. The highest BCUT2D eigenvalue weighted by Gasteiger charge is 2.20. The molecule has 144 valence electrons. The Bertz CT molecular complexity index is 1210. The molecule has 0 amide bonds. The number of fused-ring (bicyclic) bond motifs is 2. The Labute approximate surface area is 171 Å². The summed E-state index contributed by atoms with van der Waals surface area (Å²) in [7, 11) is 0. The molecule has 1 N–H and O–H groups in total. The van der Waals surface area contributed by atoms with Crippen LogP contribution < -0.4 is 20.5 Å². The third-order valence-corrected chi connectivity index (χ3v) is 5.31. The maximum absolute atomic E-state index is 6.41. The normalized spacial score (nSPS) is 14.9. The molecule has 0 spiro atoms. The van der Waals surface area contributed by atoms with E-state index in [1.54, 1.807) is 0 Å². The molecule has 0 unspecified atom stereocenters. The van der Waals surface area contributed by atoms with Crippen LogP contribution in [0.4, 0.5) is 5.69 Å². The SMILES string of the molecule is CC(C)Nc1ccc2c(c1)Oc1c/c(=C/C=C3CC3)ccc1=C2c1ccccc1. The lowest BCUT2D eigenvalue weighted by Gasteiger charge is -2.22. The van der Waals surface area contributed by atoms with Crippen LogP contribution in [0.1, 0.15) is 37.8 Å². The van der Waals surface area contributed by atoms with E-state index in [0.29, 0.717) is 6.04 Å². The molecule has 0 atom stereocenters. The van der Waals surface area contributed by atoms with E-state index < -0.39 is 0 Å². The van der Waals surface area contributed by atoms with Crippen LogP contribution in [-0.4, -0.2) is 6.04 Å². The molecule has 2 aliphatic rings. The lowest BCUT2D eigenvalue weighted by molar-refractivity contribution is 0.472. The lowest BCUT2D eigenvalue weighted by Crippen LogP contribution is -2.20. The van der Waals surface area contributed by atoms with Crippen molar-refractivity contribution in [3.63, 3.8) is 0 Å². The van der Waals surface area contributed by atoms with Gasteiger partial charge < -0.3 is 10.1 Å². The van der Waals surface area contributed by atoms with Crippen molar-refractivity contribution in [3.8, 4) is 11.5 Å². The highest BCUT2D eigenvalue weighted by Crippen LogP contribution is 2.37. The van der Waals surface area contributed by atoms with Gasteiger partial charge >= 0.3 is 0 Å². The van der Waals surface area contributed by atoms with Crippen LogP contribution in [-0.2, 0) is 0 Å². The molecule has 29 heavy (non-hydrogen) atoms. The smallest absolute Gasteiger partial charge is 0.137 e. The Kier molecular flexibility index (Phi) is 4.48. The minimum absolute atomic E-state index is 0.373. The Hall–Kier alpha value is -3.26. The van der Waals surface area contributed by atoms with Gasteiger partial charge in [-0.2, -0.15) is 0 Å². The first-order chi connectivity index (χ1) is 14.2. The highest BCUT2D eigenvalue weighted by molar-refractivity contribution is 5.86. The summed E-state index contributed by atoms with van der Waals surface area (Å²) in [5.41, 5.74) is 6.17. The van der Waals surface area contributed by atoms with Crippen LogP contribution >= 0.6 is 0 Å². The maximum Gasteiger partial charge on any atom is 0.137 e. The first-order valence-corrected chi connectivity index (χ1v) is 10.4. The second kappa shape index (κ2) is 7.29. The number of rotatable bonds is 4. The van der Waals surface area contributed by atoms with Gasteiger partial charge in [0.25, 0.3) is 0 Å². The van der Waals surface area contributed by atoms with Gasteiger partial charge in [-0.25, -0.2) is 0 Å². The van der Waals surface area contributed by atoms with Crippen molar-refractivity contribution < 1.29 is 4.74 Å². The average Bonchev–Trinajstić information content (AvgIpc) is 3.55. The van der Waals surface area contributed by atoms with E-state index in [1.807, 2.05) is 0 Å². The van der Waals surface area contributed by atoms with Gasteiger partial charge in [-0.15, -0.1) is 0 Å². The van der Waals surface area contributed by atoms with Gasteiger partial charge in [0.15, 0.2) is 0 Å². The van der Waals surface area contributed by atoms with Crippen molar-refractivity contribution >= 4 is 17.3 Å². The third-order valence-electron chi connectivity index (χ3n) is 5.31. The molecule has 1 aliphatic carbocycles. The van der Waals surface area contributed by atoms with Gasteiger partial charge in [-0.05, 0) is 61.7 Å². The predicted molar refractivity (Wildman–Crippen MR) is 121 cm³/mol. The molecule has 1 heterocycles. The van der Waals surface area contributed by atoms with Gasteiger partial charge in [0, 0.05) is 34.2 Å². The number of hydrogen-bond donors (Lipinski definition) is 1. The van der Waals surface area contributed by atoms with Gasteiger partial charge in [-0.3, -0.25) is 0 Å². The second-order valence-corrected chi connectivity index (χ2v) is 8.10. The lowest BCUT2D eigenvalue weighted by atomic mass is 9.92. The summed E-state index contributed by atoms with van der Waals surface area (Å²) in [5.74, 6) is 1.82. The van der Waals surface area contributed by atoms with E-state index in [9.17, 15) is 0 Å². The van der Waals surface area contributed by atoms with Crippen molar-refractivity contribution in [3.05, 3.63) is 99.9 Å². The number of benzene rings is 3. The van der Waals surface area contributed by atoms with E-state index in [4.69, 9.17) is 4.74 Å². The first kappa shape index (κ1) is 17.8. The Morgan fingerprint density at radius 3 is 2.45 bits per heavy atom. The molecular formula is C27H25NO. The summed E-state index contributed by atoms with van der Waals surface area (Å²) >= 11 is 0. The van der Waals surface area contributed by atoms with Crippen LogP contribution in [0.3, 0.4) is 0 Å². The highest BCUT2D eigenvalue weighted by atomic mass is 16.5. The monoisotopic (exact) mass is 379 g/mol. The van der Waals surface area contributed by atoms with Crippen LogP contribution in [0, 0.1) is 0 Å². The number of anilines is 1. The zero-order valence-corrected chi connectivity index (χ0v) is 16.9. The molecule has 0 aromatic heterocycles. The topological polar surface area (TPSA) is 21.3 Å². The Morgan fingerprint density at radius 1 is 0.862 bits per heavy atom. The molecule has 0 bridgehead atoms. The van der Waals surface area contributed by atoms with Crippen molar-refractivity contribution in [2.45, 2.75) is 32.7 Å². The summed E-state index contributed by atoms with van der Waals surface area (Å²) in [4.78, 5) is 0. The fourth-order valence-corrected chi connectivity index (χ4v) is 3.80. The summed E-state index contributed by atoms with van der Waals surface area (Å²) in [5, 5.41) is 5.80. The number of allylic oxidation sites excluding steroid dienone is 2. The number of hydrogen-bond acceptors (Lipinski definition) is 2. The molecule has 0 saturated heterocycles. The summed E-state index contributed by atoms with van der Waals surface area (Å²) in [6.07, 6.45) is 6.91. The van der Waals surface area contributed by atoms with Crippen molar-refractivity contribution in [1.29, 1.82) is 0 Å². The number of nitrogens with one attached hydrogen (secondary N) is 1. The van der Waals surface area contributed by atoms with Gasteiger partial charge in [-0.1, -0.05) is 54.1 Å². The fraction of sp³-hybridized carbons (Fsp3) is 0.185. The predicted octanol–water partition coefficient (Wildman–Crippen LogP) is 5.36. The minimum atomic E-state index is 0.373. The minimum Gasteiger partial charge on any atom is -0.456 e. The molecule has 5 rings (SSSR count). The Morgan fingerprint density at radius 2 is 1.69 bits per heavy atom. The van der Waals surface area contributed by atoms with Crippen LogP contribution in [0.25, 0.3) is 11.6 Å². The first-order valence-electron chi connectivity index (χ1n) is 10.4. The van der Waals surface area contributed by atoms with E-state index in [0.717, 1.165) is 28.0 Å². The van der Waals surface area contributed by atoms with Crippen molar-refractivity contribution in [2.24, 2.45) is 0 Å². The largest absolute Gasteiger partial charge is 0.456 e. The third kappa shape index (κ3) is 3.71. The quantitative estimate of drug-likeness (QED) is 0.515. The van der Waals surface area contributed by atoms with Crippen LogP contribution in [0.15, 0.2) is 78.4 Å². The molecule has 3 aromatic rings. The maximum atomic E-state index is 6.41. The molecular weight excluding hydrogens is 354 g/mol. The zero-order valence-electron chi connectivity index (χ0n) is 16.9. The zero-order chi connectivity index (χ0) is 19.8. The molecule has 2 heteroatoms. The summed E-state index contributed by atoms with van der Waals surface area (Å²) < 4.78 is 6.41. The van der Waals surface area contributed by atoms with E-state index in [1.165, 1.54) is 34.8 Å². The van der Waals surface area contributed by atoms with Crippen LogP contribution in [0.2, 0.25) is 0 Å². The van der Waals surface area contributed by atoms with Gasteiger partial charge in [0.05, 0.1) is 0 Å². The van der Waals surface area contributed by atoms with E-state index >= 15 is 0 Å². The molecule has 0 radical (unpaired) electrons. The fourth-order valence-electron chi connectivity index (χ4n) is 3.80. The second-order valence-electron chi connectivity index (χ2n) is 8.10. The molecule has 1 aliphatic heterocycles. The van der Waals surface area contributed by atoms with E-state index in [-0.39, 0.29) is 0 Å². The van der Waals surface area contributed by atoms with Crippen molar-refractivity contribution in [1.82, 2.24) is 0 Å². The number of ether oxygens (including phenoxy) is 1. The summed E-state index contributed by atoms with van der Waals surface area (Å²) in [6, 6.07) is 23.9. The van der Waals surface area contributed by atoms with Gasteiger partial charge in [0.2, 0.25) is 0 Å². The van der Waals surface area contributed by atoms with Gasteiger partial charge in [0.1, 0.15) is 11.5 Å². The van der Waals surface area contributed by atoms with E-state index in [2.05, 4.69) is 98.0 Å². The van der Waals surface area contributed by atoms with Crippen molar-refractivity contribution in [2.75, 3.05) is 5.32 Å². The molecule has 1 fully saturated rings. The standard InChI is InChI=1S/C27H25NO/c1-18(2)28-22-13-15-24-26(17-22)29-25-16-20(11-10-19-8-9-19)12-14-23(25)27(24)21-6-4-3-5-7-21/h3-7,10-18,28H,8-9H2,1-2H3/b20-11+. The Balaban J connectivity index is 1.71. The molecule has 3 aromatic carbocycles. The summed E-state index contributed by atoms with van der Waals surface area (Å²) in [6.45, 7) is 4.29. The van der Waals surface area contributed by atoms with Crippen LogP contribution in [0.5, 0.6) is 11.5 Å². The average molecular weight is 380 g/mol. The molecule has 1 saturated carbocycles.